The lowest BCUT2D eigenvalue weighted by atomic mass is 10.2. The second-order valence-electron chi connectivity index (χ2n) is 4.22. The van der Waals surface area contributed by atoms with Gasteiger partial charge in [0.05, 0.1) is 6.61 Å². The molecule has 0 saturated carbocycles. The molecule has 0 heterocycles. The lowest BCUT2D eigenvalue weighted by Gasteiger charge is -2.05. The van der Waals surface area contributed by atoms with Crippen LogP contribution in [0.4, 0.5) is 0 Å². The minimum Gasteiger partial charge on any atom is -0.481 e. The fourth-order valence-corrected chi connectivity index (χ4v) is 1.23. The van der Waals surface area contributed by atoms with Crippen LogP contribution in [0.2, 0.25) is 0 Å². The first kappa shape index (κ1) is 17.2. The molecule has 0 saturated heterocycles. The standard InChI is InChI=1S/C13H21NO5/c1-10(2)13(18)19-9-4-3-6-11(15)14-8-5-7-12(16)17/h1,3-9H2,2H3,(H,14,15)(H,16,17). The normalized spacial score (nSPS) is 9.74. The highest BCUT2D eigenvalue weighted by Gasteiger charge is 2.04. The molecule has 0 spiro atoms. The summed E-state index contributed by atoms with van der Waals surface area (Å²) in [6, 6.07) is 0. The van der Waals surface area contributed by atoms with Gasteiger partial charge in [0.25, 0.3) is 0 Å². The Bertz CT molecular complexity index is 338. The molecule has 0 atom stereocenters. The van der Waals surface area contributed by atoms with E-state index in [0.717, 1.165) is 0 Å². The highest BCUT2D eigenvalue weighted by Crippen LogP contribution is 1.99. The molecule has 2 N–H and O–H groups in total. The van der Waals surface area contributed by atoms with Crippen LogP contribution < -0.4 is 5.32 Å². The fraction of sp³-hybridized carbons (Fsp3) is 0.615. The summed E-state index contributed by atoms with van der Waals surface area (Å²) in [7, 11) is 0. The molecular weight excluding hydrogens is 250 g/mol. The van der Waals surface area contributed by atoms with E-state index in [4.69, 9.17) is 9.84 Å². The van der Waals surface area contributed by atoms with Crippen molar-refractivity contribution in [2.45, 2.75) is 39.0 Å². The summed E-state index contributed by atoms with van der Waals surface area (Å²) in [5.74, 6) is -1.40. The van der Waals surface area contributed by atoms with Crippen LogP contribution in [-0.4, -0.2) is 36.1 Å². The van der Waals surface area contributed by atoms with Crippen LogP contribution in [0.25, 0.3) is 0 Å². The monoisotopic (exact) mass is 271 g/mol. The second kappa shape index (κ2) is 10.1. The van der Waals surface area contributed by atoms with Crippen LogP contribution >= 0.6 is 0 Å². The molecule has 0 fully saturated rings. The van der Waals surface area contributed by atoms with Crippen LogP contribution in [0.1, 0.15) is 39.0 Å². The zero-order chi connectivity index (χ0) is 14.7. The van der Waals surface area contributed by atoms with Crippen molar-refractivity contribution in [1.29, 1.82) is 0 Å². The summed E-state index contributed by atoms with van der Waals surface area (Å²) < 4.78 is 4.87. The summed E-state index contributed by atoms with van der Waals surface area (Å²) in [5.41, 5.74) is 0.358. The summed E-state index contributed by atoms with van der Waals surface area (Å²) >= 11 is 0. The maximum atomic E-state index is 11.3. The molecule has 0 aromatic heterocycles. The van der Waals surface area contributed by atoms with Gasteiger partial charge < -0.3 is 15.2 Å². The molecule has 0 aliphatic rings. The van der Waals surface area contributed by atoms with E-state index in [2.05, 4.69) is 11.9 Å². The fourth-order valence-electron chi connectivity index (χ4n) is 1.23. The zero-order valence-corrected chi connectivity index (χ0v) is 11.2. The minimum absolute atomic E-state index is 0.0527. The van der Waals surface area contributed by atoms with Crippen molar-refractivity contribution >= 4 is 17.8 Å². The largest absolute Gasteiger partial charge is 0.481 e. The third kappa shape index (κ3) is 11.0. The molecule has 108 valence electrons. The average molecular weight is 271 g/mol. The third-order valence-corrected chi connectivity index (χ3v) is 2.27. The van der Waals surface area contributed by atoms with E-state index < -0.39 is 11.9 Å². The number of hydrogen-bond donors (Lipinski definition) is 2. The Balaban J connectivity index is 3.41. The predicted molar refractivity (Wildman–Crippen MR) is 69.5 cm³/mol. The van der Waals surface area contributed by atoms with Crippen LogP contribution in [0.3, 0.4) is 0 Å². The van der Waals surface area contributed by atoms with Gasteiger partial charge in [-0.1, -0.05) is 6.58 Å². The number of ether oxygens (including phenoxy) is 1. The number of carboxylic acids is 1. The molecule has 0 aliphatic carbocycles. The zero-order valence-electron chi connectivity index (χ0n) is 11.2. The van der Waals surface area contributed by atoms with Crippen molar-refractivity contribution in [2.24, 2.45) is 0 Å². The van der Waals surface area contributed by atoms with E-state index in [9.17, 15) is 14.4 Å². The Morgan fingerprint density at radius 3 is 2.42 bits per heavy atom. The number of nitrogens with one attached hydrogen (secondary N) is 1. The first-order valence-corrected chi connectivity index (χ1v) is 6.24. The van der Waals surface area contributed by atoms with Gasteiger partial charge in [-0.25, -0.2) is 4.79 Å². The van der Waals surface area contributed by atoms with Gasteiger partial charge >= 0.3 is 11.9 Å². The molecular formula is C13H21NO5. The molecule has 1 amide bonds. The number of aliphatic carboxylic acids is 1. The van der Waals surface area contributed by atoms with Gasteiger partial charge in [0.15, 0.2) is 0 Å². The van der Waals surface area contributed by atoms with Crippen molar-refractivity contribution in [3.05, 3.63) is 12.2 Å². The smallest absolute Gasteiger partial charge is 0.333 e. The Kier molecular flexibility index (Phi) is 9.12. The SMILES string of the molecule is C=C(C)C(=O)OCCCCC(=O)NCCCC(=O)O. The maximum absolute atomic E-state index is 11.3. The molecule has 19 heavy (non-hydrogen) atoms. The molecule has 6 heteroatoms. The van der Waals surface area contributed by atoms with Crippen LogP contribution in [0.15, 0.2) is 12.2 Å². The first-order valence-electron chi connectivity index (χ1n) is 6.24. The number of unbranched alkanes of at least 4 members (excludes halogenated alkanes) is 1. The van der Waals surface area contributed by atoms with Gasteiger partial charge in [0, 0.05) is 25.0 Å². The van der Waals surface area contributed by atoms with Crippen molar-refractivity contribution in [3.8, 4) is 0 Å². The average Bonchev–Trinajstić information content (AvgIpc) is 2.33. The molecule has 0 unspecified atom stereocenters. The van der Waals surface area contributed by atoms with E-state index in [1.165, 1.54) is 0 Å². The molecule has 0 bridgehead atoms. The molecule has 0 aromatic carbocycles. The summed E-state index contributed by atoms with van der Waals surface area (Å²) in [4.78, 5) is 32.6. The Hall–Kier alpha value is -1.85. The van der Waals surface area contributed by atoms with Crippen molar-refractivity contribution in [3.63, 3.8) is 0 Å². The third-order valence-electron chi connectivity index (χ3n) is 2.27. The maximum Gasteiger partial charge on any atom is 0.333 e. The lowest BCUT2D eigenvalue weighted by molar-refractivity contribution is -0.139. The van der Waals surface area contributed by atoms with Crippen molar-refractivity contribution in [1.82, 2.24) is 5.32 Å². The minimum atomic E-state index is -0.867. The summed E-state index contributed by atoms with van der Waals surface area (Å²) in [6.07, 6.45) is 2.06. The molecule has 0 aromatic rings. The Labute approximate surface area is 112 Å². The molecule has 6 nitrogen and oxygen atoms in total. The quantitative estimate of drug-likeness (QED) is 0.354. The van der Waals surface area contributed by atoms with Gasteiger partial charge in [-0.15, -0.1) is 0 Å². The molecule has 0 rings (SSSR count). The van der Waals surface area contributed by atoms with E-state index in [-0.39, 0.29) is 18.9 Å². The lowest BCUT2D eigenvalue weighted by Crippen LogP contribution is -2.24. The number of carbonyl (C=O) groups excluding carboxylic acids is 2. The van der Waals surface area contributed by atoms with Gasteiger partial charge in [0.1, 0.15) is 0 Å². The predicted octanol–water partition coefficient (Wildman–Crippen LogP) is 1.26. The van der Waals surface area contributed by atoms with Crippen LogP contribution in [0.5, 0.6) is 0 Å². The van der Waals surface area contributed by atoms with Crippen molar-refractivity contribution in [2.75, 3.05) is 13.2 Å². The summed E-state index contributed by atoms with van der Waals surface area (Å²) in [6.45, 7) is 5.68. The second-order valence-corrected chi connectivity index (χ2v) is 4.22. The molecule has 0 radical (unpaired) electrons. The van der Waals surface area contributed by atoms with Crippen molar-refractivity contribution < 1.29 is 24.2 Å². The van der Waals surface area contributed by atoms with E-state index in [1.54, 1.807) is 6.92 Å². The van der Waals surface area contributed by atoms with Gasteiger partial charge in [-0.05, 0) is 26.2 Å². The molecule has 0 aliphatic heterocycles. The van der Waals surface area contributed by atoms with Gasteiger partial charge in [-0.3, -0.25) is 9.59 Å². The summed E-state index contributed by atoms with van der Waals surface area (Å²) in [5, 5.41) is 11.0. The van der Waals surface area contributed by atoms with Gasteiger partial charge in [0.2, 0.25) is 5.91 Å². The van der Waals surface area contributed by atoms with Crippen LogP contribution in [0, 0.1) is 0 Å². The van der Waals surface area contributed by atoms with Crippen LogP contribution in [-0.2, 0) is 19.1 Å². The highest BCUT2D eigenvalue weighted by molar-refractivity contribution is 5.86. The first-order chi connectivity index (χ1) is 8.93. The number of rotatable bonds is 10. The van der Waals surface area contributed by atoms with E-state index in [0.29, 0.717) is 37.8 Å². The van der Waals surface area contributed by atoms with Gasteiger partial charge in [-0.2, -0.15) is 0 Å². The number of esters is 1. The topological polar surface area (TPSA) is 92.7 Å². The number of carboxylic acid groups (broad SMARTS) is 1. The number of hydrogen-bond acceptors (Lipinski definition) is 4. The van der Waals surface area contributed by atoms with E-state index in [1.807, 2.05) is 0 Å². The number of amides is 1. The van der Waals surface area contributed by atoms with E-state index >= 15 is 0 Å². The Morgan fingerprint density at radius 1 is 1.16 bits per heavy atom. The number of carbonyl (C=O) groups is 3. The highest BCUT2D eigenvalue weighted by atomic mass is 16.5. The Morgan fingerprint density at radius 2 is 1.84 bits per heavy atom.